The Hall–Kier alpha value is -1.92. The topological polar surface area (TPSA) is 95.9 Å². The minimum Gasteiger partial charge on any atom is -0.479 e. The van der Waals surface area contributed by atoms with Gasteiger partial charge in [-0.3, -0.25) is 4.79 Å². The number of aliphatic hydroxyl groups is 1. The van der Waals surface area contributed by atoms with Crippen molar-refractivity contribution in [1.82, 2.24) is 5.32 Å². The molecular formula is C13H15NO5. The predicted molar refractivity (Wildman–Crippen MR) is 65.5 cm³/mol. The van der Waals surface area contributed by atoms with Crippen LogP contribution in [0.3, 0.4) is 0 Å². The van der Waals surface area contributed by atoms with Gasteiger partial charge < -0.3 is 20.3 Å². The van der Waals surface area contributed by atoms with E-state index in [1.807, 2.05) is 24.3 Å². The van der Waals surface area contributed by atoms with Gasteiger partial charge in [-0.15, -0.1) is 0 Å². The number of aliphatic carboxylic acids is 1. The molecule has 0 aliphatic carbocycles. The molecule has 1 amide bonds. The maximum Gasteiger partial charge on any atom is 0.334 e. The molecular weight excluding hydrogens is 250 g/mol. The van der Waals surface area contributed by atoms with E-state index in [1.165, 1.54) is 0 Å². The van der Waals surface area contributed by atoms with Gasteiger partial charge in [0.25, 0.3) is 5.91 Å². The Morgan fingerprint density at radius 3 is 2.89 bits per heavy atom. The minimum atomic E-state index is -1.61. The minimum absolute atomic E-state index is 0.337. The highest BCUT2D eigenvalue weighted by Gasteiger charge is 2.27. The number of ether oxygens (including phenoxy) is 1. The van der Waals surface area contributed by atoms with Crippen LogP contribution in [0.1, 0.15) is 17.2 Å². The lowest BCUT2D eigenvalue weighted by molar-refractivity contribution is -0.147. The SMILES string of the molecule is O=C(NC[C@H](O)C(=O)O)C1OCCc2ccccc21. The summed E-state index contributed by atoms with van der Waals surface area (Å²) in [5.74, 6) is -1.81. The zero-order chi connectivity index (χ0) is 13.8. The third kappa shape index (κ3) is 3.10. The first-order chi connectivity index (χ1) is 9.09. The van der Waals surface area contributed by atoms with E-state index in [1.54, 1.807) is 0 Å². The summed E-state index contributed by atoms with van der Waals surface area (Å²) in [6, 6.07) is 7.46. The molecule has 0 bridgehead atoms. The van der Waals surface area contributed by atoms with Gasteiger partial charge in [-0.25, -0.2) is 4.79 Å². The normalized spacial score (nSPS) is 19.3. The molecule has 0 aromatic heterocycles. The molecule has 0 radical (unpaired) electrons. The summed E-state index contributed by atoms with van der Waals surface area (Å²) in [6.07, 6.45) is -1.61. The van der Waals surface area contributed by atoms with Gasteiger partial charge >= 0.3 is 5.97 Å². The lowest BCUT2D eigenvalue weighted by Crippen LogP contribution is -2.40. The van der Waals surface area contributed by atoms with Crippen molar-refractivity contribution in [2.24, 2.45) is 0 Å². The molecule has 1 aromatic carbocycles. The van der Waals surface area contributed by atoms with Gasteiger partial charge in [-0.2, -0.15) is 0 Å². The van der Waals surface area contributed by atoms with Crippen molar-refractivity contribution in [3.8, 4) is 0 Å². The number of rotatable bonds is 4. The van der Waals surface area contributed by atoms with E-state index in [2.05, 4.69) is 5.32 Å². The second-order valence-electron chi connectivity index (χ2n) is 4.30. The summed E-state index contributed by atoms with van der Waals surface area (Å²) in [4.78, 5) is 22.4. The monoisotopic (exact) mass is 265 g/mol. The molecule has 1 aliphatic heterocycles. The maximum atomic E-state index is 11.9. The number of carbonyl (C=O) groups excluding carboxylic acids is 1. The number of hydrogen-bond donors (Lipinski definition) is 3. The van der Waals surface area contributed by atoms with E-state index in [9.17, 15) is 9.59 Å². The second kappa shape index (κ2) is 5.81. The van der Waals surface area contributed by atoms with Crippen LogP contribution in [0.5, 0.6) is 0 Å². The summed E-state index contributed by atoms with van der Waals surface area (Å²) in [6.45, 7) is 0.104. The number of hydrogen-bond acceptors (Lipinski definition) is 4. The van der Waals surface area contributed by atoms with Crippen molar-refractivity contribution in [2.45, 2.75) is 18.6 Å². The number of nitrogens with one attached hydrogen (secondary N) is 1. The van der Waals surface area contributed by atoms with E-state index < -0.39 is 24.1 Å². The maximum absolute atomic E-state index is 11.9. The Bertz CT molecular complexity index is 488. The number of carboxylic acid groups (broad SMARTS) is 1. The molecule has 0 fully saturated rings. The van der Waals surface area contributed by atoms with Crippen molar-refractivity contribution in [3.05, 3.63) is 35.4 Å². The molecule has 0 saturated heterocycles. The van der Waals surface area contributed by atoms with Gasteiger partial charge in [0, 0.05) is 0 Å². The summed E-state index contributed by atoms with van der Waals surface area (Å²) >= 11 is 0. The fourth-order valence-electron chi connectivity index (χ4n) is 1.99. The second-order valence-corrected chi connectivity index (χ2v) is 4.30. The van der Waals surface area contributed by atoms with E-state index in [4.69, 9.17) is 14.9 Å². The van der Waals surface area contributed by atoms with Crippen LogP contribution in [0, 0.1) is 0 Å². The summed E-state index contributed by atoms with van der Waals surface area (Å²) in [7, 11) is 0. The smallest absolute Gasteiger partial charge is 0.334 e. The Balaban J connectivity index is 2.03. The lowest BCUT2D eigenvalue weighted by Gasteiger charge is -2.25. The highest BCUT2D eigenvalue weighted by atomic mass is 16.5. The van der Waals surface area contributed by atoms with Gasteiger partial charge in [-0.1, -0.05) is 24.3 Å². The van der Waals surface area contributed by atoms with Crippen LogP contribution in [-0.4, -0.2) is 41.3 Å². The van der Waals surface area contributed by atoms with Crippen molar-refractivity contribution in [2.75, 3.05) is 13.2 Å². The molecule has 1 unspecified atom stereocenters. The number of carbonyl (C=O) groups is 2. The zero-order valence-electron chi connectivity index (χ0n) is 10.2. The Morgan fingerprint density at radius 2 is 2.16 bits per heavy atom. The largest absolute Gasteiger partial charge is 0.479 e. The molecule has 0 spiro atoms. The van der Waals surface area contributed by atoms with Crippen molar-refractivity contribution >= 4 is 11.9 Å². The standard InChI is InChI=1S/C13H15NO5/c15-10(13(17)18)7-14-12(16)11-9-4-2-1-3-8(9)5-6-19-11/h1-4,10-11,15H,5-7H2,(H,14,16)(H,17,18)/t10-,11?/m0/s1. The fourth-order valence-corrected chi connectivity index (χ4v) is 1.99. The van der Waals surface area contributed by atoms with Crippen molar-refractivity contribution in [3.63, 3.8) is 0 Å². The molecule has 1 aliphatic rings. The Labute approximate surface area is 110 Å². The van der Waals surface area contributed by atoms with Gasteiger partial charge in [0.2, 0.25) is 0 Å². The van der Waals surface area contributed by atoms with Gasteiger partial charge in [-0.05, 0) is 17.5 Å². The molecule has 3 N–H and O–H groups in total. The first-order valence-electron chi connectivity index (χ1n) is 5.97. The highest BCUT2D eigenvalue weighted by Crippen LogP contribution is 2.26. The first kappa shape index (κ1) is 13.5. The van der Waals surface area contributed by atoms with Crippen LogP contribution in [-0.2, 0) is 20.7 Å². The third-order valence-corrected chi connectivity index (χ3v) is 2.99. The van der Waals surface area contributed by atoms with Crippen LogP contribution in [0.15, 0.2) is 24.3 Å². The van der Waals surface area contributed by atoms with Crippen LogP contribution >= 0.6 is 0 Å². The first-order valence-corrected chi connectivity index (χ1v) is 5.97. The number of fused-ring (bicyclic) bond motifs is 1. The quantitative estimate of drug-likeness (QED) is 0.704. The third-order valence-electron chi connectivity index (χ3n) is 2.99. The number of carboxylic acids is 1. The lowest BCUT2D eigenvalue weighted by atomic mass is 9.97. The molecule has 6 heteroatoms. The van der Waals surface area contributed by atoms with E-state index in [0.717, 1.165) is 17.5 Å². The average molecular weight is 265 g/mol. The molecule has 1 aromatic rings. The Kier molecular flexibility index (Phi) is 4.13. The molecule has 0 saturated carbocycles. The van der Waals surface area contributed by atoms with Gasteiger partial charge in [0.1, 0.15) is 0 Å². The molecule has 6 nitrogen and oxygen atoms in total. The molecule has 2 rings (SSSR count). The molecule has 102 valence electrons. The summed E-state index contributed by atoms with van der Waals surface area (Å²) < 4.78 is 5.42. The van der Waals surface area contributed by atoms with Gasteiger partial charge in [0.05, 0.1) is 13.2 Å². The van der Waals surface area contributed by atoms with E-state index in [-0.39, 0.29) is 6.54 Å². The van der Waals surface area contributed by atoms with E-state index in [0.29, 0.717) is 6.61 Å². The molecule has 2 atom stereocenters. The van der Waals surface area contributed by atoms with Gasteiger partial charge in [0.15, 0.2) is 12.2 Å². The van der Waals surface area contributed by atoms with Crippen molar-refractivity contribution < 1.29 is 24.5 Å². The van der Waals surface area contributed by atoms with Crippen LogP contribution in [0.25, 0.3) is 0 Å². The summed E-state index contributed by atoms with van der Waals surface area (Å²) in [5, 5.41) is 20.0. The molecule has 1 heterocycles. The molecule has 19 heavy (non-hydrogen) atoms. The number of benzene rings is 1. The van der Waals surface area contributed by atoms with Crippen LogP contribution < -0.4 is 5.32 Å². The van der Waals surface area contributed by atoms with Crippen LogP contribution in [0.2, 0.25) is 0 Å². The van der Waals surface area contributed by atoms with E-state index >= 15 is 0 Å². The van der Waals surface area contributed by atoms with Crippen LogP contribution in [0.4, 0.5) is 0 Å². The summed E-state index contributed by atoms with van der Waals surface area (Å²) in [5.41, 5.74) is 1.84. The number of aliphatic hydroxyl groups excluding tert-OH is 1. The predicted octanol–water partition coefficient (Wildman–Crippen LogP) is -0.138. The number of amides is 1. The fraction of sp³-hybridized carbons (Fsp3) is 0.385. The Morgan fingerprint density at radius 1 is 1.42 bits per heavy atom. The van der Waals surface area contributed by atoms with Crippen molar-refractivity contribution in [1.29, 1.82) is 0 Å². The average Bonchev–Trinajstić information content (AvgIpc) is 2.43. The zero-order valence-corrected chi connectivity index (χ0v) is 10.2. The highest BCUT2D eigenvalue weighted by molar-refractivity contribution is 5.83.